The molecular weight excluding hydrogens is 342 g/mol. The van der Waals surface area contributed by atoms with Crippen LogP contribution in [0.5, 0.6) is 0 Å². The van der Waals surface area contributed by atoms with E-state index < -0.39 is 10.0 Å². The second-order valence-corrected chi connectivity index (χ2v) is 7.35. The van der Waals surface area contributed by atoms with E-state index in [0.29, 0.717) is 24.5 Å². The summed E-state index contributed by atoms with van der Waals surface area (Å²) in [4.78, 5) is 20.3. The zero-order valence-corrected chi connectivity index (χ0v) is 14.9. The Labute approximate surface area is 146 Å². The molecule has 4 N–H and O–H groups in total. The first-order chi connectivity index (χ1) is 11.8. The fourth-order valence-corrected chi connectivity index (χ4v) is 2.56. The highest BCUT2D eigenvalue weighted by atomic mass is 32.2. The number of carbonyl (C=O) groups excluding carboxylic acids is 1. The maximum atomic E-state index is 12.0. The van der Waals surface area contributed by atoms with E-state index in [-0.39, 0.29) is 16.8 Å². The van der Waals surface area contributed by atoms with Crippen molar-refractivity contribution in [3.8, 4) is 0 Å². The molecule has 0 spiro atoms. The van der Waals surface area contributed by atoms with Gasteiger partial charge in [0.05, 0.1) is 10.5 Å². The summed E-state index contributed by atoms with van der Waals surface area (Å²) in [7, 11) is -3.69. The first kappa shape index (κ1) is 18.8. The van der Waals surface area contributed by atoms with Gasteiger partial charge in [-0.1, -0.05) is 12.1 Å². The standard InChI is InChI=1S/C16H21N5O3S/c1-11(2)21-16-19-9-13(10-20-16)15(22)18-8-7-12-3-5-14(6-4-12)25(17,23)24/h3-6,9-11H,7-8H2,1-2H3,(H,18,22)(H2,17,23,24)(H,19,20,21). The average Bonchev–Trinajstić information content (AvgIpc) is 2.54. The summed E-state index contributed by atoms with van der Waals surface area (Å²) in [5.41, 5.74) is 1.26. The molecule has 2 aromatic rings. The Hall–Kier alpha value is -2.52. The molecule has 1 heterocycles. The van der Waals surface area contributed by atoms with Crippen molar-refractivity contribution in [2.75, 3.05) is 11.9 Å². The summed E-state index contributed by atoms with van der Waals surface area (Å²) in [5, 5.41) is 10.9. The molecule has 1 amide bonds. The molecule has 0 fully saturated rings. The lowest BCUT2D eigenvalue weighted by molar-refractivity contribution is 0.0953. The summed E-state index contributed by atoms with van der Waals surface area (Å²) in [6.45, 7) is 4.35. The molecule has 0 radical (unpaired) electrons. The van der Waals surface area contributed by atoms with Crippen molar-refractivity contribution in [3.05, 3.63) is 47.8 Å². The Morgan fingerprint density at radius 2 is 1.76 bits per heavy atom. The summed E-state index contributed by atoms with van der Waals surface area (Å²) < 4.78 is 22.4. The third kappa shape index (κ3) is 5.80. The van der Waals surface area contributed by atoms with Crippen LogP contribution in [0.3, 0.4) is 0 Å². The van der Waals surface area contributed by atoms with Gasteiger partial charge in [-0.05, 0) is 38.0 Å². The van der Waals surface area contributed by atoms with Crippen molar-refractivity contribution in [2.24, 2.45) is 5.14 Å². The minimum Gasteiger partial charge on any atom is -0.352 e. The van der Waals surface area contributed by atoms with E-state index in [2.05, 4.69) is 20.6 Å². The van der Waals surface area contributed by atoms with Crippen LogP contribution in [0.4, 0.5) is 5.95 Å². The van der Waals surface area contributed by atoms with Crippen LogP contribution in [0.25, 0.3) is 0 Å². The highest BCUT2D eigenvalue weighted by molar-refractivity contribution is 7.89. The lowest BCUT2D eigenvalue weighted by Crippen LogP contribution is -2.26. The van der Waals surface area contributed by atoms with Gasteiger partial charge in [-0.15, -0.1) is 0 Å². The van der Waals surface area contributed by atoms with Crippen LogP contribution in [0, 0.1) is 0 Å². The van der Waals surface area contributed by atoms with Gasteiger partial charge in [-0.25, -0.2) is 23.5 Å². The van der Waals surface area contributed by atoms with E-state index in [0.717, 1.165) is 5.56 Å². The molecule has 25 heavy (non-hydrogen) atoms. The maximum Gasteiger partial charge on any atom is 0.254 e. The molecule has 0 saturated carbocycles. The Kier molecular flexibility index (Phi) is 6.05. The van der Waals surface area contributed by atoms with Crippen LogP contribution in [0.1, 0.15) is 29.8 Å². The van der Waals surface area contributed by atoms with Crippen molar-refractivity contribution in [1.29, 1.82) is 0 Å². The van der Waals surface area contributed by atoms with E-state index in [4.69, 9.17) is 5.14 Å². The number of hydrogen-bond donors (Lipinski definition) is 3. The lowest BCUT2D eigenvalue weighted by Gasteiger charge is -2.08. The zero-order valence-electron chi connectivity index (χ0n) is 14.1. The van der Waals surface area contributed by atoms with E-state index in [1.807, 2.05) is 13.8 Å². The molecule has 0 saturated heterocycles. The number of nitrogens with zero attached hydrogens (tertiary/aromatic N) is 2. The van der Waals surface area contributed by atoms with E-state index in [1.165, 1.54) is 24.5 Å². The topological polar surface area (TPSA) is 127 Å². The Morgan fingerprint density at radius 3 is 2.28 bits per heavy atom. The third-order valence-electron chi connectivity index (χ3n) is 3.28. The fraction of sp³-hybridized carbons (Fsp3) is 0.312. The number of rotatable bonds is 7. The number of nitrogens with one attached hydrogen (secondary N) is 2. The Balaban J connectivity index is 1.86. The van der Waals surface area contributed by atoms with Gasteiger partial charge in [0.2, 0.25) is 16.0 Å². The predicted molar refractivity (Wildman–Crippen MR) is 94.6 cm³/mol. The highest BCUT2D eigenvalue weighted by Crippen LogP contribution is 2.09. The summed E-state index contributed by atoms with van der Waals surface area (Å²) in [6.07, 6.45) is 3.49. The SMILES string of the molecule is CC(C)Nc1ncc(C(=O)NCCc2ccc(S(N)(=O)=O)cc2)cn1. The summed E-state index contributed by atoms with van der Waals surface area (Å²) in [6, 6.07) is 6.44. The maximum absolute atomic E-state index is 12.0. The number of nitrogens with two attached hydrogens (primary N) is 1. The average molecular weight is 363 g/mol. The van der Waals surface area contributed by atoms with E-state index in [9.17, 15) is 13.2 Å². The van der Waals surface area contributed by atoms with Crippen LogP contribution < -0.4 is 15.8 Å². The molecule has 0 atom stereocenters. The Morgan fingerprint density at radius 1 is 1.16 bits per heavy atom. The molecule has 2 rings (SSSR count). The molecule has 1 aromatic heterocycles. The van der Waals surface area contributed by atoms with Gasteiger partial charge in [0.1, 0.15) is 0 Å². The quantitative estimate of drug-likeness (QED) is 0.671. The molecule has 1 aromatic carbocycles. The molecule has 9 heteroatoms. The van der Waals surface area contributed by atoms with Crippen molar-refractivity contribution < 1.29 is 13.2 Å². The first-order valence-corrected chi connectivity index (χ1v) is 9.29. The highest BCUT2D eigenvalue weighted by Gasteiger charge is 2.09. The number of hydrogen-bond acceptors (Lipinski definition) is 6. The number of anilines is 1. The third-order valence-corrected chi connectivity index (χ3v) is 4.21. The number of primary sulfonamides is 1. The molecule has 0 aliphatic rings. The number of amides is 1. The lowest BCUT2D eigenvalue weighted by atomic mass is 10.1. The fourth-order valence-electron chi connectivity index (χ4n) is 2.05. The van der Waals surface area contributed by atoms with Crippen LogP contribution in [0.2, 0.25) is 0 Å². The molecular formula is C16H21N5O3S. The van der Waals surface area contributed by atoms with Crippen LogP contribution in [-0.4, -0.2) is 36.9 Å². The molecule has 0 unspecified atom stereocenters. The number of carbonyl (C=O) groups is 1. The predicted octanol–water partition coefficient (Wildman–Crippen LogP) is 0.917. The number of sulfonamides is 1. The monoisotopic (exact) mass is 363 g/mol. The van der Waals surface area contributed by atoms with E-state index in [1.54, 1.807) is 12.1 Å². The molecule has 0 aliphatic heterocycles. The number of benzene rings is 1. The van der Waals surface area contributed by atoms with Gasteiger partial charge >= 0.3 is 0 Å². The van der Waals surface area contributed by atoms with Gasteiger partial charge in [0, 0.05) is 25.0 Å². The Bertz CT molecular complexity index is 818. The van der Waals surface area contributed by atoms with Gasteiger partial charge in [0.15, 0.2) is 0 Å². The van der Waals surface area contributed by atoms with Gasteiger partial charge in [-0.3, -0.25) is 4.79 Å². The minimum absolute atomic E-state index is 0.0625. The summed E-state index contributed by atoms with van der Waals surface area (Å²) in [5.74, 6) is 0.207. The van der Waals surface area contributed by atoms with Crippen molar-refractivity contribution in [3.63, 3.8) is 0 Å². The molecule has 134 valence electrons. The van der Waals surface area contributed by atoms with Crippen LogP contribution in [0.15, 0.2) is 41.6 Å². The van der Waals surface area contributed by atoms with E-state index >= 15 is 0 Å². The minimum atomic E-state index is -3.69. The zero-order chi connectivity index (χ0) is 18.4. The van der Waals surface area contributed by atoms with Crippen LogP contribution >= 0.6 is 0 Å². The molecule has 8 nitrogen and oxygen atoms in total. The second kappa shape index (κ2) is 8.04. The van der Waals surface area contributed by atoms with Gasteiger partial charge in [-0.2, -0.15) is 0 Å². The van der Waals surface area contributed by atoms with Crippen LogP contribution in [-0.2, 0) is 16.4 Å². The molecule has 0 bridgehead atoms. The second-order valence-electron chi connectivity index (χ2n) is 5.79. The normalized spacial score (nSPS) is 11.4. The van der Waals surface area contributed by atoms with Crippen molar-refractivity contribution >= 4 is 21.9 Å². The largest absolute Gasteiger partial charge is 0.352 e. The first-order valence-electron chi connectivity index (χ1n) is 7.74. The van der Waals surface area contributed by atoms with Gasteiger partial charge in [0.25, 0.3) is 5.91 Å². The van der Waals surface area contributed by atoms with Crippen molar-refractivity contribution in [2.45, 2.75) is 31.2 Å². The number of aromatic nitrogens is 2. The van der Waals surface area contributed by atoms with Gasteiger partial charge < -0.3 is 10.6 Å². The summed E-state index contributed by atoms with van der Waals surface area (Å²) >= 11 is 0. The van der Waals surface area contributed by atoms with Crippen molar-refractivity contribution in [1.82, 2.24) is 15.3 Å². The smallest absolute Gasteiger partial charge is 0.254 e. The molecule has 0 aliphatic carbocycles.